The van der Waals surface area contributed by atoms with Crippen molar-refractivity contribution in [2.24, 2.45) is 0 Å². The average molecular weight is 367 g/mol. The largest absolute Gasteiger partial charge is 0.411 e. The lowest BCUT2D eigenvalue weighted by Crippen LogP contribution is -2.15. The lowest BCUT2D eigenvalue weighted by atomic mass is 9.86. The Bertz CT molecular complexity index is 883. The molecule has 0 saturated heterocycles. The van der Waals surface area contributed by atoms with Crippen LogP contribution in [0.25, 0.3) is 11.5 Å². The molecular weight excluding hydrogens is 346 g/mol. The van der Waals surface area contributed by atoms with Crippen molar-refractivity contribution in [2.45, 2.75) is 43.6 Å². The van der Waals surface area contributed by atoms with Crippen LogP contribution in [0.5, 0.6) is 0 Å². The molecule has 0 spiro atoms. The van der Waals surface area contributed by atoms with Gasteiger partial charge in [-0.1, -0.05) is 56.8 Å². The lowest BCUT2D eigenvalue weighted by Gasteiger charge is -2.19. The summed E-state index contributed by atoms with van der Waals surface area (Å²) in [6.45, 7) is 8.30. The molecule has 1 aromatic carbocycles. The third-order valence-electron chi connectivity index (χ3n) is 4.02. The first-order valence-electron chi connectivity index (χ1n) is 8.40. The van der Waals surface area contributed by atoms with E-state index in [0.717, 1.165) is 5.56 Å². The highest BCUT2D eigenvalue weighted by Crippen LogP contribution is 2.28. The van der Waals surface area contributed by atoms with Crippen molar-refractivity contribution < 1.29 is 9.21 Å². The van der Waals surface area contributed by atoms with E-state index in [-0.39, 0.29) is 16.4 Å². The molecule has 6 heteroatoms. The van der Waals surface area contributed by atoms with Crippen LogP contribution in [0.15, 0.2) is 58.4 Å². The summed E-state index contributed by atoms with van der Waals surface area (Å²) in [7, 11) is 0. The van der Waals surface area contributed by atoms with E-state index in [9.17, 15) is 4.79 Å². The number of pyridine rings is 1. The lowest BCUT2D eigenvalue weighted by molar-refractivity contribution is 0.0993. The molecule has 134 valence electrons. The highest BCUT2D eigenvalue weighted by atomic mass is 32.2. The normalized spacial score (nSPS) is 12.8. The van der Waals surface area contributed by atoms with Gasteiger partial charge in [0.25, 0.3) is 5.22 Å². The minimum absolute atomic E-state index is 0.0409. The molecule has 0 aliphatic carbocycles. The third kappa shape index (κ3) is 4.19. The monoisotopic (exact) mass is 367 g/mol. The van der Waals surface area contributed by atoms with Crippen LogP contribution in [-0.2, 0) is 5.41 Å². The van der Waals surface area contributed by atoms with Gasteiger partial charge in [-0.15, -0.1) is 10.2 Å². The zero-order valence-electron chi connectivity index (χ0n) is 15.3. The van der Waals surface area contributed by atoms with Gasteiger partial charge in [0.2, 0.25) is 5.89 Å². The van der Waals surface area contributed by atoms with E-state index in [1.165, 1.54) is 17.3 Å². The summed E-state index contributed by atoms with van der Waals surface area (Å²) in [6.07, 6.45) is 3.33. The van der Waals surface area contributed by atoms with Crippen molar-refractivity contribution in [1.82, 2.24) is 15.2 Å². The summed E-state index contributed by atoms with van der Waals surface area (Å²) in [5, 5.41) is 8.12. The number of Topliss-reactive ketones (excluding diaryl/α,β-unsaturated/α-hetero) is 1. The van der Waals surface area contributed by atoms with E-state index in [1.54, 1.807) is 24.5 Å². The van der Waals surface area contributed by atoms with Gasteiger partial charge in [0.05, 0.1) is 5.25 Å². The summed E-state index contributed by atoms with van der Waals surface area (Å²) in [5.41, 5.74) is 2.76. The van der Waals surface area contributed by atoms with Crippen LogP contribution >= 0.6 is 11.8 Å². The van der Waals surface area contributed by atoms with E-state index in [0.29, 0.717) is 16.7 Å². The molecule has 2 aromatic heterocycles. The summed E-state index contributed by atoms with van der Waals surface area (Å²) in [6, 6.07) is 11.4. The summed E-state index contributed by atoms with van der Waals surface area (Å²) in [4.78, 5) is 16.6. The predicted octanol–water partition coefficient (Wildman–Crippen LogP) is 4.79. The van der Waals surface area contributed by atoms with E-state index in [4.69, 9.17) is 4.42 Å². The molecule has 0 fully saturated rings. The molecule has 0 radical (unpaired) electrons. The number of ketones is 1. The van der Waals surface area contributed by atoms with Crippen molar-refractivity contribution in [2.75, 3.05) is 0 Å². The van der Waals surface area contributed by atoms with Gasteiger partial charge in [0.15, 0.2) is 5.78 Å². The summed E-state index contributed by atoms with van der Waals surface area (Å²) in [5.74, 6) is 0.461. The number of rotatable bonds is 5. The molecule has 0 N–H and O–H groups in total. The molecule has 0 unspecified atom stereocenters. The fourth-order valence-corrected chi connectivity index (χ4v) is 3.20. The van der Waals surface area contributed by atoms with Gasteiger partial charge < -0.3 is 4.42 Å². The summed E-state index contributed by atoms with van der Waals surface area (Å²) >= 11 is 1.27. The average Bonchev–Trinajstić information content (AvgIpc) is 3.09. The Kier molecular flexibility index (Phi) is 5.23. The fourth-order valence-electron chi connectivity index (χ4n) is 2.44. The Morgan fingerprint density at radius 2 is 1.69 bits per heavy atom. The Morgan fingerprint density at radius 3 is 2.31 bits per heavy atom. The van der Waals surface area contributed by atoms with Crippen LogP contribution < -0.4 is 0 Å². The highest BCUT2D eigenvalue weighted by Gasteiger charge is 2.21. The molecule has 26 heavy (non-hydrogen) atoms. The Hall–Kier alpha value is -2.47. The van der Waals surface area contributed by atoms with E-state index in [1.807, 2.05) is 31.2 Å². The first-order valence-corrected chi connectivity index (χ1v) is 9.28. The third-order valence-corrected chi connectivity index (χ3v) is 4.95. The first kappa shape index (κ1) is 18.3. The number of thioether (sulfide) groups is 1. The van der Waals surface area contributed by atoms with Crippen LogP contribution in [-0.4, -0.2) is 26.2 Å². The zero-order chi connectivity index (χ0) is 18.7. The van der Waals surface area contributed by atoms with Crippen LogP contribution in [0.3, 0.4) is 0 Å². The number of nitrogens with zero attached hydrogens (tertiary/aromatic N) is 3. The van der Waals surface area contributed by atoms with E-state index in [2.05, 4.69) is 36.0 Å². The molecule has 1 atom stereocenters. The number of benzene rings is 1. The van der Waals surface area contributed by atoms with Crippen LogP contribution in [0.2, 0.25) is 0 Å². The second-order valence-corrected chi connectivity index (χ2v) is 8.35. The van der Waals surface area contributed by atoms with E-state index >= 15 is 0 Å². The van der Waals surface area contributed by atoms with Gasteiger partial charge in [-0.25, -0.2) is 0 Å². The first-order chi connectivity index (χ1) is 12.3. The van der Waals surface area contributed by atoms with Gasteiger partial charge >= 0.3 is 0 Å². The SMILES string of the molecule is C[C@@H](Sc1nnc(-c2ccncc2)o1)C(=O)c1ccc(C(C)(C)C)cc1. The molecule has 3 rings (SSSR count). The Balaban J connectivity index is 1.69. The van der Waals surface area contributed by atoms with Crippen molar-refractivity contribution >= 4 is 17.5 Å². The van der Waals surface area contributed by atoms with Gasteiger partial charge in [-0.2, -0.15) is 0 Å². The van der Waals surface area contributed by atoms with E-state index < -0.39 is 0 Å². The Morgan fingerprint density at radius 1 is 1.04 bits per heavy atom. The predicted molar refractivity (Wildman–Crippen MR) is 102 cm³/mol. The maximum absolute atomic E-state index is 12.7. The molecule has 0 bridgehead atoms. The number of aromatic nitrogens is 3. The number of carbonyl (C=O) groups excluding carboxylic acids is 1. The van der Waals surface area contributed by atoms with Gasteiger partial charge in [-0.3, -0.25) is 9.78 Å². The standard InChI is InChI=1S/C20H21N3O2S/c1-13(17(24)14-5-7-16(8-6-14)20(2,3)4)26-19-23-22-18(25-19)15-9-11-21-12-10-15/h5-13H,1-4H3/t13-/m1/s1. The minimum atomic E-state index is -0.318. The molecule has 0 saturated carbocycles. The van der Waals surface area contributed by atoms with Crippen molar-refractivity contribution in [3.63, 3.8) is 0 Å². The molecule has 2 heterocycles. The molecule has 3 aromatic rings. The maximum Gasteiger partial charge on any atom is 0.277 e. The van der Waals surface area contributed by atoms with Crippen molar-refractivity contribution in [3.8, 4) is 11.5 Å². The van der Waals surface area contributed by atoms with Crippen LogP contribution in [0.1, 0.15) is 43.6 Å². The second kappa shape index (κ2) is 7.41. The smallest absolute Gasteiger partial charge is 0.277 e. The topological polar surface area (TPSA) is 68.9 Å². The maximum atomic E-state index is 12.7. The molecule has 0 aliphatic heterocycles. The fraction of sp³-hybridized carbons (Fsp3) is 0.300. The molecule has 0 aliphatic rings. The zero-order valence-corrected chi connectivity index (χ0v) is 16.1. The van der Waals surface area contributed by atoms with Gasteiger partial charge in [0, 0.05) is 23.5 Å². The summed E-state index contributed by atoms with van der Waals surface area (Å²) < 4.78 is 5.65. The van der Waals surface area contributed by atoms with Gasteiger partial charge in [-0.05, 0) is 30.0 Å². The molecule has 0 amide bonds. The Labute approximate surface area is 157 Å². The van der Waals surface area contributed by atoms with Crippen molar-refractivity contribution in [1.29, 1.82) is 0 Å². The second-order valence-electron chi connectivity index (χ2n) is 7.06. The molecular formula is C20H21N3O2S. The van der Waals surface area contributed by atoms with Crippen LogP contribution in [0, 0.1) is 0 Å². The van der Waals surface area contributed by atoms with Gasteiger partial charge in [0.1, 0.15) is 0 Å². The van der Waals surface area contributed by atoms with Crippen LogP contribution in [0.4, 0.5) is 0 Å². The minimum Gasteiger partial charge on any atom is -0.411 e. The number of carbonyl (C=O) groups is 1. The molecule has 5 nitrogen and oxygen atoms in total. The number of hydrogen-bond acceptors (Lipinski definition) is 6. The number of hydrogen-bond donors (Lipinski definition) is 0. The van der Waals surface area contributed by atoms with Crippen molar-refractivity contribution in [3.05, 3.63) is 59.9 Å². The quantitative estimate of drug-likeness (QED) is 0.477. The highest BCUT2D eigenvalue weighted by molar-refractivity contribution is 8.00.